The van der Waals surface area contributed by atoms with Gasteiger partial charge in [0.1, 0.15) is 0 Å². The van der Waals surface area contributed by atoms with Gasteiger partial charge in [-0.3, -0.25) is 4.79 Å². The van der Waals surface area contributed by atoms with Crippen molar-refractivity contribution in [2.75, 3.05) is 6.26 Å². The lowest BCUT2D eigenvalue weighted by molar-refractivity contribution is -0.115. The van der Waals surface area contributed by atoms with Crippen LogP contribution in [-0.2, 0) is 14.8 Å². The molecule has 5 heteroatoms. The Morgan fingerprint density at radius 2 is 1.79 bits per heavy atom. The van der Waals surface area contributed by atoms with Gasteiger partial charge in [0.25, 0.3) is 0 Å². The van der Waals surface area contributed by atoms with Crippen LogP contribution in [-0.4, -0.2) is 20.5 Å². The van der Waals surface area contributed by atoms with E-state index in [1.165, 1.54) is 50.5 Å². The predicted octanol–water partition coefficient (Wildman–Crippen LogP) is 3.49. The molecule has 0 amide bonds. The standard InChI is InChI=1S/C18H24O.CH5NO2S/c1-18-9-2-3-17(18)16-6-4-12-11-13(19)5-7-14(12)15(16)8-10-18;1-5(2,3)4/h11,14-15H,2-10H2,1H3;1H3,(H2,2,3,4). The number of primary sulfonamides is 1. The fraction of sp³-hybridized carbons (Fsp3) is 0.737. The maximum atomic E-state index is 11.6. The van der Waals surface area contributed by atoms with Crippen molar-refractivity contribution >= 4 is 15.8 Å². The maximum Gasteiger partial charge on any atom is 0.206 e. The van der Waals surface area contributed by atoms with E-state index in [1.54, 1.807) is 0 Å². The number of hydrogen-bond donors (Lipinski definition) is 1. The Labute approximate surface area is 145 Å². The zero-order valence-electron chi connectivity index (χ0n) is 14.8. The highest BCUT2D eigenvalue weighted by molar-refractivity contribution is 7.88. The highest BCUT2D eigenvalue weighted by Gasteiger charge is 2.45. The van der Waals surface area contributed by atoms with Crippen molar-refractivity contribution in [1.29, 1.82) is 0 Å². The third-order valence-corrected chi connectivity index (χ3v) is 6.42. The molecular weight excluding hydrogens is 322 g/mol. The van der Waals surface area contributed by atoms with Crippen LogP contribution in [0.25, 0.3) is 0 Å². The summed E-state index contributed by atoms with van der Waals surface area (Å²) < 4.78 is 18.8. The van der Waals surface area contributed by atoms with Gasteiger partial charge in [-0.25, -0.2) is 13.6 Å². The van der Waals surface area contributed by atoms with E-state index in [4.69, 9.17) is 0 Å². The smallest absolute Gasteiger partial charge is 0.206 e. The van der Waals surface area contributed by atoms with Gasteiger partial charge in [0.2, 0.25) is 10.0 Å². The third-order valence-electron chi connectivity index (χ3n) is 6.42. The van der Waals surface area contributed by atoms with E-state index in [2.05, 4.69) is 12.1 Å². The van der Waals surface area contributed by atoms with E-state index in [0.29, 0.717) is 11.2 Å². The molecular formula is C19H29NO3S. The molecule has 4 rings (SSSR count). The number of carbonyl (C=O) groups excluding carboxylic acids is 1. The summed E-state index contributed by atoms with van der Waals surface area (Å²) in [7, 11) is -3.17. The van der Waals surface area contributed by atoms with Crippen molar-refractivity contribution in [3.8, 4) is 0 Å². The molecule has 0 aromatic heterocycles. The van der Waals surface area contributed by atoms with Crippen LogP contribution >= 0.6 is 0 Å². The van der Waals surface area contributed by atoms with Gasteiger partial charge >= 0.3 is 0 Å². The molecule has 2 N–H and O–H groups in total. The van der Waals surface area contributed by atoms with Crippen molar-refractivity contribution in [1.82, 2.24) is 0 Å². The normalized spacial score (nSPS) is 35.3. The van der Waals surface area contributed by atoms with Gasteiger partial charge in [-0.1, -0.05) is 23.6 Å². The Morgan fingerprint density at radius 1 is 1.08 bits per heavy atom. The summed E-state index contributed by atoms with van der Waals surface area (Å²) in [5.41, 5.74) is 5.73. The minimum atomic E-state index is -3.17. The highest BCUT2D eigenvalue weighted by atomic mass is 32.2. The van der Waals surface area contributed by atoms with Crippen molar-refractivity contribution in [3.05, 3.63) is 22.8 Å². The maximum absolute atomic E-state index is 11.6. The number of carbonyl (C=O) groups is 1. The summed E-state index contributed by atoms with van der Waals surface area (Å²) in [6, 6.07) is 0. The molecule has 4 nitrogen and oxygen atoms in total. The number of fused-ring (bicyclic) bond motifs is 4. The second-order valence-electron chi connectivity index (χ2n) is 8.22. The molecule has 0 bridgehead atoms. The first-order valence-corrected chi connectivity index (χ1v) is 11.1. The zero-order valence-corrected chi connectivity index (χ0v) is 15.6. The van der Waals surface area contributed by atoms with Crippen LogP contribution in [0.15, 0.2) is 22.8 Å². The molecule has 24 heavy (non-hydrogen) atoms. The van der Waals surface area contributed by atoms with Gasteiger partial charge in [0.05, 0.1) is 6.26 Å². The third kappa shape index (κ3) is 3.67. The molecule has 0 spiro atoms. The number of hydrogen-bond acceptors (Lipinski definition) is 3. The minimum absolute atomic E-state index is 0.379. The quantitative estimate of drug-likeness (QED) is 0.679. The van der Waals surface area contributed by atoms with Crippen molar-refractivity contribution in [2.45, 2.75) is 64.7 Å². The number of sulfonamides is 1. The summed E-state index contributed by atoms with van der Waals surface area (Å²) >= 11 is 0. The lowest BCUT2D eigenvalue weighted by atomic mass is 9.59. The molecule has 134 valence electrons. The van der Waals surface area contributed by atoms with E-state index in [9.17, 15) is 13.2 Å². The van der Waals surface area contributed by atoms with E-state index < -0.39 is 10.0 Å². The second-order valence-corrected chi connectivity index (χ2v) is 9.88. The topological polar surface area (TPSA) is 77.2 Å². The molecule has 3 atom stereocenters. The first-order valence-electron chi connectivity index (χ1n) is 9.11. The molecule has 0 heterocycles. The highest BCUT2D eigenvalue weighted by Crippen LogP contribution is 2.58. The SMILES string of the molecule is CC12CCCC1=C1CCC3=CC(=O)CCC3C1CC2.CS(N)(=O)=O. The summed E-state index contributed by atoms with van der Waals surface area (Å²) in [6.45, 7) is 2.51. The summed E-state index contributed by atoms with van der Waals surface area (Å²) in [6.07, 6.45) is 14.3. The lowest BCUT2D eigenvalue weighted by Crippen LogP contribution is -2.34. The van der Waals surface area contributed by atoms with Crippen LogP contribution in [0, 0.1) is 17.3 Å². The molecule has 0 radical (unpaired) electrons. The molecule has 4 aliphatic rings. The van der Waals surface area contributed by atoms with Crippen LogP contribution in [0.2, 0.25) is 0 Å². The predicted molar refractivity (Wildman–Crippen MR) is 95.8 cm³/mol. The van der Waals surface area contributed by atoms with Crippen LogP contribution in [0.1, 0.15) is 64.7 Å². The van der Waals surface area contributed by atoms with Crippen molar-refractivity contribution in [3.63, 3.8) is 0 Å². The Morgan fingerprint density at radius 3 is 2.50 bits per heavy atom. The lowest BCUT2D eigenvalue weighted by Gasteiger charge is -2.46. The molecule has 0 aliphatic heterocycles. The van der Waals surface area contributed by atoms with Gasteiger partial charge in [0.15, 0.2) is 5.78 Å². The van der Waals surface area contributed by atoms with Crippen LogP contribution in [0.4, 0.5) is 0 Å². The van der Waals surface area contributed by atoms with Gasteiger partial charge in [-0.15, -0.1) is 0 Å². The fourth-order valence-electron chi connectivity index (χ4n) is 5.45. The largest absolute Gasteiger partial charge is 0.295 e. The average molecular weight is 352 g/mol. The van der Waals surface area contributed by atoms with E-state index in [0.717, 1.165) is 30.9 Å². The van der Waals surface area contributed by atoms with E-state index in [-0.39, 0.29) is 0 Å². The molecule has 4 aliphatic carbocycles. The van der Waals surface area contributed by atoms with Gasteiger partial charge in [-0.2, -0.15) is 0 Å². The number of allylic oxidation sites excluding steroid dienone is 4. The summed E-state index contributed by atoms with van der Waals surface area (Å²) in [5, 5.41) is 4.33. The summed E-state index contributed by atoms with van der Waals surface area (Å²) in [4.78, 5) is 11.6. The van der Waals surface area contributed by atoms with Gasteiger partial charge in [-0.05, 0) is 74.7 Å². The van der Waals surface area contributed by atoms with Crippen molar-refractivity contribution in [2.24, 2.45) is 22.4 Å². The molecule has 2 saturated carbocycles. The van der Waals surface area contributed by atoms with E-state index in [1.807, 2.05) is 17.2 Å². The second kappa shape index (κ2) is 6.41. The summed E-state index contributed by atoms with van der Waals surface area (Å²) in [5.74, 6) is 1.90. The minimum Gasteiger partial charge on any atom is -0.295 e. The fourth-order valence-corrected chi connectivity index (χ4v) is 5.45. The molecule has 2 fully saturated rings. The van der Waals surface area contributed by atoms with Crippen LogP contribution in [0.5, 0.6) is 0 Å². The first kappa shape index (κ1) is 17.9. The molecule has 0 saturated heterocycles. The van der Waals surface area contributed by atoms with E-state index >= 15 is 0 Å². The van der Waals surface area contributed by atoms with Crippen LogP contribution in [0.3, 0.4) is 0 Å². The molecule has 3 unspecified atom stereocenters. The zero-order chi connectivity index (χ0) is 17.5. The first-order chi connectivity index (χ1) is 11.2. The Balaban J connectivity index is 0.000000300. The monoisotopic (exact) mass is 351 g/mol. The number of ketones is 1. The Kier molecular flexibility index (Phi) is 4.77. The average Bonchev–Trinajstić information content (AvgIpc) is 2.86. The molecule has 0 aromatic rings. The Hall–Kier alpha value is -0.940. The van der Waals surface area contributed by atoms with Gasteiger partial charge in [0, 0.05) is 6.42 Å². The number of nitrogens with two attached hydrogens (primary N) is 1. The number of rotatable bonds is 0. The van der Waals surface area contributed by atoms with Gasteiger partial charge < -0.3 is 0 Å². The Bertz CT molecular complexity index is 696. The van der Waals surface area contributed by atoms with Crippen LogP contribution < -0.4 is 5.14 Å². The van der Waals surface area contributed by atoms with Crippen molar-refractivity contribution < 1.29 is 13.2 Å². The molecule has 0 aromatic carbocycles.